The zero-order valence-electron chi connectivity index (χ0n) is 9.73. The number of nitrogens with two attached hydrogens (primary N) is 1. The van der Waals surface area contributed by atoms with Gasteiger partial charge in [-0.1, -0.05) is 30.3 Å². The van der Waals surface area contributed by atoms with Gasteiger partial charge in [0.2, 0.25) is 0 Å². The molecule has 4 N–H and O–H groups in total. The second-order valence-electron chi connectivity index (χ2n) is 3.88. The van der Waals surface area contributed by atoms with Crippen molar-refractivity contribution in [3.63, 3.8) is 0 Å². The van der Waals surface area contributed by atoms with Gasteiger partial charge in [-0.25, -0.2) is 0 Å². The molecule has 1 unspecified atom stereocenters. The van der Waals surface area contributed by atoms with Crippen molar-refractivity contribution in [1.82, 2.24) is 0 Å². The summed E-state index contributed by atoms with van der Waals surface area (Å²) in [7, 11) is -4.12. The number of benzene rings is 1. The third kappa shape index (κ3) is 5.93. The lowest BCUT2D eigenvalue weighted by Gasteiger charge is -2.11. The lowest BCUT2D eigenvalue weighted by atomic mass is 10.2. The van der Waals surface area contributed by atoms with E-state index >= 15 is 0 Å². The third-order valence-electron chi connectivity index (χ3n) is 2.26. The Balaban J connectivity index is 2.34. The molecule has 0 spiro atoms. The summed E-state index contributed by atoms with van der Waals surface area (Å²) in [5.41, 5.74) is 6.30. The largest absolute Gasteiger partial charge is 0.460 e. The van der Waals surface area contributed by atoms with Crippen LogP contribution in [0.25, 0.3) is 0 Å². The Labute approximate surface area is 105 Å². The Morgan fingerprint density at radius 1 is 1.33 bits per heavy atom. The lowest BCUT2D eigenvalue weighted by Crippen LogP contribution is -2.33. The van der Waals surface area contributed by atoms with Crippen LogP contribution in [0.4, 0.5) is 0 Å². The molecule has 18 heavy (non-hydrogen) atoms. The lowest BCUT2D eigenvalue weighted by molar-refractivity contribution is -0.146. The predicted octanol–water partition coefficient (Wildman–Crippen LogP) is 0.625. The Bertz CT molecular complexity index is 430. The van der Waals surface area contributed by atoms with E-state index in [-0.39, 0.29) is 13.0 Å². The summed E-state index contributed by atoms with van der Waals surface area (Å²) in [6.07, 6.45) is -0.521. The molecule has 0 radical (unpaired) electrons. The Morgan fingerprint density at radius 3 is 2.50 bits per heavy atom. The molecule has 0 aromatic heterocycles. The van der Waals surface area contributed by atoms with E-state index in [9.17, 15) is 9.36 Å². The van der Waals surface area contributed by atoms with Gasteiger partial charge in [-0.3, -0.25) is 9.36 Å². The molecule has 1 rings (SSSR count). The molecule has 0 aliphatic rings. The van der Waals surface area contributed by atoms with E-state index in [0.29, 0.717) is 0 Å². The number of ether oxygens (including phenoxy) is 1. The summed E-state index contributed by atoms with van der Waals surface area (Å²) >= 11 is 0. The molecule has 0 amide bonds. The minimum absolute atomic E-state index is 0.0993. The molecule has 0 saturated heterocycles. The highest BCUT2D eigenvalue weighted by molar-refractivity contribution is 7.51. The first-order valence-corrected chi connectivity index (χ1v) is 7.19. The van der Waals surface area contributed by atoms with Gasteiger partial charge in [0, 0.05) is 0 Å². The van der Waals surface area contributed by atoms with Gasteiger partial charge in [-0.15, -0.1) is 0 Å². The molecular formula is C11H16NO5P. The highest BCUT2D eigenvalue weighted by Gasteiger charge is 2.20. The number of esters is 1. The molecule has 100 valence electrons. The average Bonchev–Trinajstić information content (AvgIpc) is 2.33. The minimum Gasteiger partial charge on any atom is -0.460 e. The Kier molecular flexibility index (Phi) is 5.50. The fraction of sp³-hybridized carbons (Fsp3) is 0.364. The summed E-state index contributed by atoms with van der Waals surface area (Å²) in [5, 5.41) is 0. The second kappa shape index (κ2) is 6.66. The smallest absolute Gasteiger partial charge is 0.325 e. The van der Waals surface area contributed by atoms with Crippen molar-refractivity contribution in [2.24, 2.45) is 5.73 Å². The fourth-order valence-electron chi connectivity index (χ4n) is 1.26. The first kappa shape index (κ1) is 14.9. The van der Waals surface area contributed by atoms with Crippen LogP contribution in [0.1, 0.15) is 12.0 Å². The van der Waals surface area contributed by atoms with E-state index < -0.39 is 25.8 Å². The van der Waals surface area contributed by atoms with E-state index in [1.165, 1.54) is 0 Å². The first-order chi connectivity index (χ1) is 8.38. The maximum absolute atomic E-state index is 11.4. The molecule has 0 fully saturated rings. The monoisotopic (exact) mass is 273 g/mol. The van der Waals surface area contributed by atoms with E-state index in [2.05, 4.69) is 0 Å². The molecule has 7 heteroatoms. The van der Waals surface area contributed by atoms with Gasteiger partial charge in [0.1, 0.15) is 12.6 Å². The molecular weight excluding hydrogens is 257 g/mol. The molecule has 1 atom stereocenters. The molecule has 0 aliphatic heterocycles. The van der Waals surface area contributed by atoms with Crippen LogP contribution < -0.4 is 5.73 Å². The van der Waals surface area contributed by atoms with Crippen LogP contribution in [0.15, 0.2) is 30.3 Å². The standard InChI is InChI=1S/C11H16NO5P/c12-10(6-7-18(14,15)16)11(13)17-8-9-4-2-1-3-5-9/h1-5,10H,6-8,12H2,(H2,14,15,16). The molecule has 0 aliphatic carbocycles. The van der Waals surface area contributed by atoms with Crippen molar-refractivity contribution in [3.05, 3.63) is 35.9 Å². The van der Waals surface area contributed by atoms with Crippen LogP contribution in [0.5, 0.6) is 0 Å². The van der Waals surface area contributed by atoms with E-state index in [0.717, 1.165) is 5.56 Å². The van der Waals surface area contributed by atoms with Crippen LogP contribution in [0, 0.1) is 0 Å². The van der Waals surface area contributed by atoms with Crippen molar-refractivity contribution in [2.75, 3.05) is 6.16 Å². The zero-order valence-corrected chi connectivity index (χ0v) is 10.6. The zero-order chi connectivity index (χ0) is 13.6. The van der Waals surface area contributed by atoms with Gasteiger partial charge in [0.25, 0.3) is 0 Å². The maximum atomic E-state index is 11.4. The van der Waals surface area contributed by atoms with Crippen LogP contribution in [0.2, 0.25) is 0 Å². The Hall–Kier alpha value is -1.20. The highest BCUT2D eigenvalue weighted by atomic mass is 31.2. The van der Waals surface area contributed by atoms with E-state index in [1.807, 2.05) is 18.2 Å². The van der Waals surface area contributed by atoms with E-state index in [1.54, 1.807) is 12.1 Å². The average molecular weight is 273 g/mol. The van der Waals surface area contributed by atoms with Gasteiger partial charge in [-0.05, 0) is 12.0 Å². The van der Waals surface area contributed by atoms with Crippen LogP contribution in [-0.4, -0.2) is 28.0 Å². The van der Waals surface area contributed by atoms with E-state index in [4.69, 9.17) is 20.3 Å². The topological polar surface area (TPSA) is 110 Å². The SMILES string of the molecule is NC(CCP(=O)(O)O)C(=O)OCc1ccccc1. The van der Waals surface area contributed by atoms with Crippen LogP contribution in [-0.2, 0) is 20.7 Å². The number of rotatable bonds is 6. The maximum Gasteiger partial charge on any atom is 0.325 e. The number of hydrogen-bond donors (Lipinski definition) is 3. The Morgan fingerprint density at radius 2 is 1.94 bits per heavy atom. The highest BCUT2D eigenvalue weighted by Crippen LogP contribution is 2.35. The second-order valence-corrected chi connectivity index (χ2v) is 5.65. The summed E-state index contributed by atoms with van der Waals surface area (Å²) in [5.74, 6) is -0.660. The van der Waals surface area contributed by atoms with Gasteiger partial charge in [-0.2, -0.15) is 0 Å². The normalized spacial score (nSPS) is 13.1. The summed E-state index contributed by atoms with van der Waals surface area (Å²) in [4.78, 5) is 28.8. The minimum atomic E-state index is -4.12. The molecule has 0 saturated carbocycles. The molecule has 6 nitrogen and oxygen atoms in total. The summed E-state index contributed by atoms with van der Waals surface area (Å²) < 4.78 is 15.6. The quantitative estimate of drug-likeness (QED) is 0.518. The molecule has 0 heterocycles. The summed E-state index contributed by atoms with van der Waals surface area (Å²) in [6.45, 7) is 0.100. The first-order valence-electron chi connectivity index (χ1n) is 5.39. The fourth-order valence-corrected chi connectivity index (χ4v) is 1.88. The predicted molar refractivity (Wildman–Crippen MR) is 65.7 cm³/mol. The number of hydrogen-bond acceptors (Lipinski definition) is 4. The molecule has 0 bridgehead atoms. The van der Waals surface area contributed by atoms with Crippen LogP contribution >= 0.6 is 7.60 Å². The van der Waals surface area contributed by atoms with Crippen molar-refractivity contribution >= 4 is 13.6 Å². The van der Waals surface area contributed by atoms with Crippen molar-refractivity contribution < 1.29 is 23.9 Å². The van der Waals surface area contributed by atoms with Gasteiger partial charge in [0.05, 0.1) is 6.16 Å². The van der Waals surface area contributed by atoms with Gasteiger partial charge >= 0.3 is 13.6 Å². The van der Waals surface area contributed by atoms with Gasteiger partial charge in [0.15, 0.2) is 0 Å². The summed E-state index contributed by atoms with van der Waals surface area (Å²) in [6, 6.07) is 8.06. The number of carbonyl (C=O) groups is 1. The van der Waals surface area contributed by atoms with Crippen molar-refractivity contribution in [1.29, 1.82) is 0 Å². The molecule has 1 aromatic carbocycles. The van der Waals surface area contributed by atoms with Crippen LogP contribution in [0.3, 0.4) is 0 Å². The van der Waals surface area contributed by atoms with Crippen molar-refractivity contribution in [3.8, 4) is 0 Å². The molecule has 1 aromatic rings. The van der Waals surface area contributed by atoms with Gasteiger partial charge < -0.3 is 20.3 Å². The number of carbonyl (C=O) groups excluding carboxylic acids is 1. The third-order valence-corrected chi connectivity index (χ3v) is 3.10. The van der Waals surface area contributed by atoms with Crippen molar-refractivity contribution in [2.45, 2.75) is 19.1 Å².